The van der Waals surface area contributed by atoms with Crippen molar-refractivity contribution in [1.82, 2.24) is 0 Å². The van der Waals surface area contributed by atoms with Gasteiger partial charge in [-0.3, -0.25) is 14.4 Å². The van der Waals surface area contributed by atoms with Crippen molar-refractivity contribution in [2.24, 2.45) is 0 Å². The van der Waals surface area contributed by atoms with Crippen molar-refractivity contribution in [3.63, 3.8) is 0 Å². The lowest BCUT2D eigenvalue weighted by atomic mass is 10.4. The molecule has 0 spiro atoms. The Morgan fingerprint density at radius 3 is 1.83 bits per heavy atom. The van der Waals surface area contributed by atoms with E-state index in [9.17, 15) is 14.4 Å². The van der Waals surface area contributed by atoms with E-state index in [2.05, 4.69) is 4.74 Å². The number of ether oxygens (including phenoxy) is 1. The summed E-state index contributed by atoms with van der Waals surface area (Å²) in [5.41, 5.74) is 0. The van der Waals surface area contributed by atoms with Gasteiger partial charge in [0.25, 0.3) is 0 Å². The normalized spacial score (nSPS) is 14.8. The van der Waals surface area contributed by atoms with Crippen LogP contribution in [-0.4, -0.2) is 28.9 Å². The topological polar surface area (TPSA) is 80.7 Å². The standard InChI is InChI=1S/C4H4O3.C2H3ClO2/c5-3-1-2-4(6)7-3;3-1-2(4)5/h1-2H2;1H2,(H,4,5). The van der Waals surface area contributed by atoms with Gasteiger partial charge < -0.3 is 9.84 Å². The molecule has 0 radical (unpaired) electrons. The molecular formula is C6H7ClO5. The van der Waals surface area contributed by atoms with Crippen LogP contribution < -0.4 is 0 Å². The maximum atomic E-state index is 10.0. The number of carboxylic acid groups (broad SMARTS) is 1. The zero-order valence-electron chi connectivity index (χ0n) is 6.08. The second-order valence-electron chi connectivity index (χ2n) is 1.87. The average molecular weight is 195 g/mol. The van der Waals surface area contributed by atoms with Gasteiger partial charge in [-0.25, -0.2) is 0 Å². The van der Waals surface area contributed by atoms with E-state index in [0.717, 1.165) is 0 Å². The van der Waals surface area contributed by atoms with Gasteiger partial charge in [-0.1, -0.05) is 0 Å². The third-order valence-electron chi connectivity index (χ3n) is 0.875. The van der Waals surface area contributed by atoms with Gasteiger partial charge in [0, 0.05) is 0 Å². The third kappa shape index (κ3) is 5.67. The Labute approximate surface area is 73.3 Å². The van der Waals surface area contributed by atoms with Crippen LogP contribution in [-0.2, 0) is 19.1 Å². The number of aliphatic carboxylic acids is 1. The smallest absolute Gasteiger partial charge is 0.318 e. The summed E-state index contributed by atoms with van der Waals surface area (Å²) in [4.78, 5) is 29.3. The molecule has 0 aromatic carbocycles. The fraction of sp³-hybridized carbons (Fsp3) is 0.500. The van der Waals surface area contributed by atoms with Gasteiger partial charge >= 0.3 is 17.9 Å². The van der Waals surface area contributed by atoms with Crippen LogP contribution in [0.2, 0.25) is 0 Å². The van der Waals surface area contributed by atoms with Gasteiger partial charge in [0.2, 0.25) is 0 Å². The Morgan fingerprint density at radius 1 is 1.42 bits per heavy atom. The molecule has 1 aliphatic heterocycles. The van der Waals surface area contributed by atoms with Crippen molar-refractivity contribution in [3.05, 3.63) is 0 Å². The molecule has 0 aliphatic carbocycles. The Kier molecular flexibility index (Phi) is 5.03. The highest BCUT2D eigenvalue weighted by molar-refractivity contribution is 6.26. The zero-order valence-corrected chi connectivity index (χ0v) is 6.84. The Bertz CT molecular complexity index is 186. The molecule has 1 heterocycles. The van der Waals surface area contributed by atoms with E-state index in [4.69, 9.17) is 16.7 Å². The first-order valence-electron chi connectivity index (χ1n) is 3.07. The summed E-state index contributed by atoms with van der Waals surface area (Å²) in [7, 11) is 0. The molecule has 68 valence electrons. The van der Waals surface area contributed by atoms with E-state index >= 15 is 0 Å². The highest BCUT2D eigenvalue weighted by Gasteiger charge is 2.19. The van der Waals surface area contributed by atoms with Crippen LogP contribution in [0.4, 0.5) is 0 Å². The first-order valence-corrected chi connectivity index (χ1v) is 3.61. The predicted molar refractivity (Wildman–Crippen MR) is 38.7 cm³/mol. The minimum absolute atomic E-state index is 0.263. The van der Waals surface area contributed by atoms with Crippen molar-refractivity contribution in [3.8, 4) is 0 Å². The molecule has 1 N–H and O–H groups in total. The molecule has 5 nitrogen and oxygen atoms in total. The molecule has 6 heteroatoms. The van der Waals surface area contributed by atoms with Crippen molar-refractivity contribution >= 4 is 29.5 Å². The second-order valence-corrected chi connectivity index (χ2v) is 2.14. The second kappa shape index (κ2) is 5.54. The van der Waals surface area contributed by atoms with Crippen LogP contribution in [0.3, 0.4) is 0 Å². The van der Waals surface area contributed by atoms with Crippen LogP contribution >= 0.6 is 11.6 Å². The number of esters is 2. The largest absolute Gasteiger partial charge is 0.480 e. The van der Waals surface area contributed by atoms with Crippen LogP contribution in [0.1, 0.15) is 12.8 Å². The summed E-state index contributed by atoms with van der Waals surface area (Å²) in [6.45, 7) is 0. The number of carbonyl (C=O) groups excluding carboxylic acids is 2. The van der Waals surface area contributed by atoms with Gasteiger partial charge in [-0.15, -0.1) is 11.6 Å². The van der Waals surface area contributed by atoms with Crippen molar-refractivity contribution in [1.29, 1.82) is 0 Å². The molecule has 0 atom stereocenters. The van der Waals surface area contributed by atoms with Crippen molar-refractivity contribution in [2.75, 3.05) is 5.88 Å². The summed E-state index contributed by atoms with van der Waals surface area (Å²) < 4.78 is 4.08. The lowest BCUT2D eigenvalue weighted by Gasteiger charge is -1.79. The molecule has 1 fully saturated rings. The Balaban J connectivity index is 0.000000217. The zero-order chi connectivity index (χ0) is 9.56. The highest BCUT2D eigenvalue weighted by Crippen LogP contribution is 2.03. The minimum Gasteiger partial charge on any atom is -0.480 e. The molecule has 0 unspecified atom stereocenters. The summed E-state index contributed by atoms with van der Waals surface area (Å²) >= 11 is 4.74. The Hall–Kier alpha value is -1.10. The molecular weight excluding hydrogens is 188 g/mol. The number of carbonyl (C=O) groups is 3. The quantitative estimate of drug-likeness (QED) is 0.365. The highest BCUT2D eigenvalue weighted by atomic mass is 35.5. The lowest BCUT2D eigenvalue weighted by Crippen LogP contribution is -1.94. The lowest BCUT2D eigenvalue weighted by molar-refractivity contribution is -0.152. The Morgan fingerprint density at radius 2 is 1.75 bits per heavy atom. The maximum Gasteiger partial charge on any atom is 0.318 e. The van der Waals surface area contributed by atoms with Crippen LogP contribution in [0.15, 0.2) is 0 Å². The SMILES string of the molecule is O=C(O)CCl.O=C1CCC(=O)O1. The molecule has 12 heavy (non-hydrogen) atoms. The third-order valence-corrected chi connectivity index (χ3v) is 1.10. The predicted octanol–water partition coefficient (Wildman–Crippen LogP) is 0.160. The number of carboxylic acids is 1. The number of rotatable bonds is 1. The van der Waals surface area contributed by atoms with Crippen LogP contribution in [0, 0.1) is 0 Å². The molecule has 0 aromatic heterocycles. The van der Waals surface area contributed by atoms with Gasteiger partial charge in [-0.05, 0) is 0 Å². The number of cyclic esters (lactones) is 2. The first-order chi connectivity index (χ1) is 5.56. The van der Waals surface area contributed by atoms with Gasteiger partial charge in [0.15, 0.2) is 0 Å². The fourth-order valence-corrected chi connectivity index (χ4v) is 0.433. The first kappa shape index (κ1) is 10.9. The molecule has 1 saturated heterocycles. The number of alkyl halides is 1. The summed E-state index contributed by atoms with van der Waals surface area (Å²) in [5.74, 6) is -2.08. The van der Waals surface area contributed by atoms with Gasteiger partial charge in [-0.2, -0.15) is 0 Å². The monoisotopic (exact) mass is 194 g/mol. The summed E-state index contributed by atoms with van der Waals surface area (Å²) in [6, 6.07) is 0. The average Bonchev–Trinajstić information content (AvgIpc) is 2.36. The van der Waals surface area contributed by atoms with E-state index < -0.39 is 17.9 Å². The van der Waals surface area contributed by atoms with E-state index in [0.29, 0.717) is 0 Å². The van der Waals surface area contributed by atoms with E-state index in [1.165, 1.54) is 0 Å². The van der Waals surface area contributed by atoms with E-state index in [-0.39, 0.29) is 18.7 Å². The van der Waals surface area contributed by atoms with Crippen LogP contribution in [0.25, 0.3) is 0 Å². The molecule has 0 bridgehead atoms. The summed E-state index contributed by atoms with van der Waals surface area (Å²) in [5, 5.41) is 7.59. The minimum atomic E-state index is -0.980. The molecule has 0 aromatic rings. The van der Waals surface area contributed by atoms with Gasteiger partial charge in [0.1, 0.15) is 5.88 Å². The molecule has 1 aliphatic rings. The van der Waals surface area contributed by atoms with E-state index in [1.54, 1.807) is 0 Å². The molecule has 0 amide bonds. The number of hydrogen-bond donors (Lipinski definition) is 1. The molecule has 0 saturated carbocycles. The summed E-state index contributed by atoms with van der Waals surface area (Å²) in [6.07, 6.45) is 0.525. The number of halogens is 1. The van der Waals surface area contributed by atoms with Crippen LogP contribution in [0.5, 0.6) is 0 Å². The van der Waals surface area contributed by atoms with Gasteiger partial charge in [0.05, 0.1) is 12.8 Å². The van der Waals surface area contributed by atoms with E-state index in [1.807, 2.05) is 0 Å². The fourth-order valence-electron chi connectivity index (χ4n) is 0.433. The maximum absolute atomic E-state index is 10.0. The molecule has 1 rings (SSSR count). The van der Waals surface area contributed by atoms with Crippen molar-refractivity contribution < 1.29 is 24.2 Å². The van der Waals surface area contributed by atoms with Crippen molar-refractivity contribution in [2.45, 2.75) is 12.8 Å². The number of hydrogen-bond acceptors (Lipinski definition) is 4.